The third-order valence-corrected chi connectivity index (χ3v) is 3.78. The van der Waals surface area contributed by atoms with E-state index in [0.29, 0.717) is 6.54 Å². The molecule has 1 fully saturated rings. The number of pyridine rings is 1. The van der Waals surface area contributed by atoms with Crippen LogP contribution < -0.4 is 5.32 Å². The van der Waals surface area contributed by atoms with Gasteiger partial charge in [0.2, 0.25) is 0 Å². The lowest BCUT2D eigenvalue weighted by molar-refractivity contribution is -0.137. The molecule has 0 saturated carbocycles. The number of carbonyl (C=O) groups excluding carboxylic acids is 1. The Morgan fingerprint density at radius 1 is 1.36 bits per heavy atom. The van der Waals surface area contributed by atoms with Crippen LogP contribution in [0.15, 0.2) is 18.3 Å². The van der Waals surface area contributed by atoms with Crippen LogP contribution in [0.4, 0.5) is 13.2 Å². The summed E-state index contributed by atoms with van der Waals surface area (Å²) in [5.74, 6) is -0.289. The minimum absolute atomic E-state index is 0.0694. The highest BCUT2D eigenvalue weighted by Crippen LogP contribution is 2.28. The van der Waals surface area contributed by atoms with E-state index in [0.717, 1.165) is 50.7 Å². The highest BCUT2D eigenvalue weighted by molar-refractivity contribution is 5.92. The average Bonchev–Trinajstić information content (AvgIpc) is 2.52. The summed E-state index contributed by atoms with van der Waals surface area (Å²) in [7, 11) is 0. The normalized spacial score (nSPS) is 16.5. The maximum atomic E-state index is 12.6. The molecule has 1 aliphatic heterocycles. The van der Waals surface area contributed by atoms with Gasteiger partial charge in [-0.05, 0) is 44.5 Å². The topological polar surface area (TPSA) is 45.2 Å². The molecule has 0 bridgehead atoms. The number of halogens is 3. The van der Waals surface area contributed by atoms with Crippen molar-refractivity contribution in [2.45, 2.75) is 38.4 Å². The first-order valence-corrected chi connectivity index (χ1v) is 7.48. The van der Waals surface area contributed by atoms with Crippen molar-refractivity contribution in [3.8, 4) is 0 Å². The highest BCUT2D eigenvalue weighted by atomic mass is 19.4. The fraction of sp³-hybridized carbons (Fsp3) is 0.600. The lowest BCUT2D eigenvalue weighted by Crippen LogP contribution is -2.46. The fourth-order valence-corrected chi connectivity index (χ4v) is 2.64. The zero-order valence-corrected chi connectivity index (χ0v) is 12.5. The van der Waals surface area contributed by atoms with Gasteiger partial charge in [0.15, 0.2) is 0 Å². The first-order chi connectivity index (χ1) is 10.4. The summed E-state index contributed by atoms with van der Waals surface area (Å²) >= 11 is 0. The molecule has 7 heteroatoms. The second-order valence-electron chi connectivity index (χ2n) is 5.41. The SMILES string of the molecule is CCCN(C(=O)c1ccc(C(F)(F)F)cn1)C1CCNCC1. The second-order valence-corrected chi connectivity index (χ2v) is 5.41. The standard InChI is InChI=1S/C15H20F3N3O/c1-2-9-21(12-5-7-19-8-6-12)14(22)13-4-3-11(10-20-13)15(16,17)18/h3-4,10,12,19H,2,5-9H2,1H3. The number of nitrogens with one attached hydrogen (secondary N) is 1. The number of piperidine rings is 1. The lowest BCUT2D eigenvalue weighted by atomic mass is 10.0. The fourth-order valence-electron chi connectivity index (χ4n) is 2.64. The Bertz CT molecular complexity index is 496. The summed E-state index contributed by atoms with van der Waals surface area (Å²) in [5, 5.41) is 3.24. The van der Waals surface area contributed by atoms with Crippen LogP contribution in [0, 0.1) is 0 Å². The van der Waals surface area contributed by atoms with E-state index in [2.05, 4.69) is 10.3 Å². The molecular weight excluding hydrogens is 295 g/mol. The van der Waals surface area contributed by atoms with Crippen molar-refractivity contribution in [3.05, 3.63) is 29.6 Å². The zero-order valence-electron chi connectivity index (χ0n) is 12.5. The number of alkyl halides is 3. The molecule has 0 aliphatic carbocycles. The zero-order chi connectivity index (χ0) is 16.2. The number of nitrogens with zero attached hydrogens (tertiary/aromatic N) is 2. The summed E-state index contributed by atoms with van der Waals surface area (Å²) in [6.07, 6.45) is -1.21. The van der Waals surface area contributed by atoms with Crippen molar-refractivity contribution in [1.82, 2.24) is 15.2 Å². The van der Waals surface area contributed by atoms with E-state index in [4.69, 9.17) is 0 Å². The molecule has 1 aromatic heterocycles. The smallest absolute Gasteiger partial charge is 0.334 e. The Kier molecular flexibility index (Phi) is 5.39. The number of carbonyl (C=O) groups is 1. The van der Waals surface area contributed by atoms with Gasteiger partial charge >= 0.3 is 6.18 Å². The van der Waals surface area contributed by atoms with Gasteiger partial charge in [-0.15, -0.1) is 0 Å². The molecular formula is C15H20F3N3O. The van der Waals surface area contributed by atoms with Crippen LogP contribution in [-0.2, 0) is 6.18 Å². The van der Waals surface area contributed by atoms with Gasteiger partial charge in [-0.1, -0.05) is 6.92 Å². The maximum absolute atomic E-state index is 12.6. The van der Waals surface area contributed by atoms with Gasteiger partial charge in [0.1, 0.15) is 5.69 Å². The summed E-state index contributed by atoms with van der Waals surface area (Å²) < 4.78 is 37.6. The molecule has 1 aromatic rings. The Hall–Kier alpha value is -1.63. The van der Waals surface area contributed by atoms with Crippen molar-refractivity contribution in [1.29, 1.82) is 0 Å². The first kappa shape index (κ1) is 16.7. The van der Waals surface area contributed by atoms with Gasteiger partial charge in [-0.3, -0.25) is 9.78 Å². The quantitative estimate of drug-likeness (QED) is 0.929. The number of rotatable bonds is 4. The predicted molar refractivity (Wildman–Crippen MR) is 76.5 cm³/mol. The highest BCUT2D eigenvalue weighted by Gasteiger charge is 2.32. The third kappa shape index (κ3) is 3.97. The Labute approximate surface area is 127 Å². The van der Waals surface area contributed by atoms with Crippen LogP contribution in [0.5, 0.6) is 0 Å². The Morgan fingerprint density at radius 2 is 2.05 bits per heavy atom. The molecule has 122 valence electrons. The molecule has 1 amide bonds. The van der Waals surface area contributed by atoms with E-state index < -0.39 is 11.7 Å². The van der Waals surface area contributed by atoms with E-state index in [-0.39, 0.29) is 17.6 Å². The van der Waals surface area contributed by atoms with Gasteiger partial charge < -0.3 is 10.2 Å². The van der Waals surface area contributed by atoms with Gasteiger partial charge in [0.25, 0.3) is 5.91 Å². The van der Waals surface area contributed by atoms with Gasteiger partial charge in [0, 0.05) is 18.8 Å². The molecule has 2 heterocycles. The molecule has 0 atom stereocenters. The van der Waals surface area contributed by atoms with E-state index in [1.807, 2.05) is 6.92 Å². The minimum atomic E-state index is -4.44. The van der Waals surface area contributed by atoms with Crippen LogP contribution in [0.3, 0.4) is 0 Å². The molecule has 4 nitrogen and oxygen atoms in total. The molecule has 0 spiro atoms. The molecule has 1 saturated heterocycles. The van der Waals surface area contributed by atoms with Crippen LogP contribution in [0.2, 0.25) is 0 Å². The number of hydrogen-bond donors (Lipinski definition) is 1. The predicted octanol–water partition coefficient (Wildman–Crippen LogP) is 2.70. The van der Waals surface area contributed by atoms with Gasteiger partial charge in [0.05, 0.1) is 5.56 Å². The van der Waals surface area contributed by atoms with Crippen LogP contribution in [0.1, 0.15) is 42.2 Å². The lowest BCUT2D eigenvalue weighted by Gasteiger charge is -2.34. The summed E-state index contributed by atoms with van der Waals surface area (Å²) in [6.45, 7) is 4.25. The molecule has 22 heavy (non-hydrogen) atoms. The maximum Gasteiger partial charge on any atom is 0.417 e. The molecule has 1 aliphatic rings. The van der Waals surface area contributed by atoms with Gasteiger partial charge in [-0.2, -0.15) is 13.2 Å². The van der Waals surface area contributed by atoms with E-state index >= 15 is 0 Å². The number of amides is 1. The average molecular weight is 315 g/mol. The van der Waals surface area contributed by atoms with Crippen molar-refractivity contribution in [2.24, 2.45) is 0 Å². The summed E-state index contributed by atoms with van der Waals surface area (Å²) in [6, 6.07) is 2.19. The Morgan fingerprint density at radius 3 is 2.55 bits per heavy atom. The van der Waals surface area contributed by atoms with E-state index in [1.165, 1.54) is 0 Å². The second kappa shape index (κ2) is 7.09. The molecule has 0 radical (unpaired) electrons. The first-order valence-electron chi connectivity index (χ1n) is 7.48. The van der Waals surface area contributed by atoms with Crippen molar-refractivity contribution in [2.75, 3.05) is 19.6 Å². The number of hydrogen-bond acceptors (Lipinski definition) is 3. The monoisotopic (exact) mass is 315 g/mol. The molecule has 2 rings (SSSR count). The van der Waals surface area contributed by atoms with Crippen LogP contribution in [0.25, 0.3) is 0 Å². The van der Waals surface area contributed by atoms with Crippen molar-refractivity contribution >= 4 is 5.91 Å². The third-order valence-electron chi connectivity index (χ3n) is 3.78. The number of aromatic nitrogens is 1. The van der Waals surface area contributed by atoms with Crippen LogP contribution >= 0.6 is 0 Å². The van der Waals surface area contributed by atoms with Crippen molar-refractivity contribution in [3.63, 3.8) is 0 Å². The molecule has 1 N–H and O–H groups in total. The van der Waals surface area contributed by atoms with E-state index in [1.54, 1.807) is 4.90 Å². The van der Waals surface area contributed by atoms with Crippen molar-refractivity contribution < 1.29 is 18.0 Å². The molecule has 0 aromatic carbocycles. The van der Waals surface area contributed by atoms with E-state index in [9.17, 15) is 18.0 Å². The largest absolute Gasteiger partial charge is 0.417 e. The summed E-state index contributed by atoms with van der Waals surface area (Å²) in [5.41, 5.74) is -0.770. The van der Waals surface area contributed by atoms with Crippen LogP contribution in [-0.4, -0.2) is 41.5 Å². The summed E-state index contributed by atoms with van der Waals surface area (Å²) in [4.78, 5) is 18.0. The Balaban J connectivity index is 2.15. The molecule has 0 unspecified atom stereocenters. The van der Waals surface area contributed by atoms with Gasteiger partial charge in [-0.25, -0.2) is 0 Å². The minimum Gasteiger partial charge on any atom is -0.334 e.